The molecule has 1 heterocycles. The molecule has 1 unspecified atom stereocenters. The molecule has 0 saturated carbocycles. The average Bonchev–Trinajstić information content (AvgIpc) is 2.89. The molecule has 0 aliphatic heterocycles. The number of amides is 1. The van der Waals surface area contributed by atoms with Gasteiger partial charge in [-0.2, -0.15) is 16.6 Å². The summed E-state index contributed by atoms with van der Waals surface area (Å²) in [5, 5.41) is 15.5. The van der Waals surface area contributed by atoms with Crippen LogP contribution in [0.5, 0.6) is 0 Å². The Bertz CT molecular complexity index is 589. The quantitative estimate of drug-likeness (QED) is 0.940. The maximum atomic E-state index is 12.0. The van der Waals surface area contributed by atoms with Gasteiger partial charge < -0.3 is 5.32 Å². The molecule has 1 atom stereocenters. The van der Waals surface area contributed by atoms with Crippen molar-refractivity contribution in [2.45, 2.75) is 6.04 Å². The lowest BCUT2D eigenvalue weighted by molar-refractivity contribution is 0.0945. The highest BCUT2D eigenvalue weighted by molar-refractivity contribution is 9.10. The molecule has 18 heavy (non-hydrogen) atoms. The molecule has 1 amide bonds. The largest absolute Gasteiger partial charge is 0.332 e. The van der Waals surface area contributed by atoms with Gasteiger partial charge in [0.05, 0.1) is 6.07 Å². The fraction of sp³-hybridized carbons (Fsp3) is 0.0769. The van der Waals surface area contributed by atoms with Gasteiger partial charge in [-0.15, -0.1) is 0 Å². The van der Waals surface area contributed by atoms with E-state index in [1.165, 1.54) is 11.3 Å². The lowest BCUT2D eigenvalue weighted by Gasteiger charge is -2.10. The van der Waals surface area contributed by atoms with Crippen LogP contribution in [0.1, 0.15) is 22.0 Å². The number of hydrogen-bond donors (Lipinski definition) is 1. The first kappa shape index (κ1) is 12.8. The number of hydrogen-bond acceptors (Lipinski definition) is 3. The summed E-state index contributed by atoms with van der Waals surface area (Å²) in [6, 6.07) is 10.4. The fourth-order valence-corrected chi connectivity index (χ4v) is 2.56. The Balaban J connectivity index is 2.14. The summed E-state index contributed by atoms with van der Waals surface area (Å²) in [6.45, 7) is 0. The Labute approximate surface area is 117 Å². The van der Waals surface area contributed by atoms with Gasteiger partial charge in [-0.25, -0.2) is 0 Å². The smallest absolute Gasteiger partial charge is 0.252 e. The molecule has 90 valence electrons. The molecule has 1 N–H and O–H groups in total. The predicted octanol–water partition coefficient (Wildman–Crippen LogP) is 3.51. The van der Waals surface area contributed by atoms with E-state index < -0.39 is 6.04 Å². The second kappa shape index (κ2) is 5.80. The first-order valence-corrected chi connectivity index (χ1v) is 6.92. The number of carbonyl (C=O) groups excluding carboxylic acids is 1. The highest BCUT2D eigenvalue weighted by atomic mass is 79.9. The monoisotopic (exact) mass is 320 g/mol. The Morgan fingerprint density at radius 2 is 2.28 bits per heavy atom. The number of rotatable bonds is 3. The van der Waals surface area contributed by atoms with Crippen LogP contribution in [0.15, 0.2) is 45.6 Å². The SMILES string of the molecule is N#CC(NC(=O)c1cccc(Br)c1)c1ccsc1. The van der Waals surface area contributed by atoms with E-state index >= 15 is 0 Å². The summed E-state index contributed by atoms with van der Waals surface area (Å²) in [7, 11) is 0. The van der Waals surface area contributed by atoms with Crippen LogP contribution in [0.2, 0.25) is 0 Å². The zero-order valence-corrected chi connectivity index (χ0v) is 11.7. The molecule has 0 radical (unpaired) electrons. The van der Waals surface area contributed by atoms with Crippen LogP contribution in [-0.2, 0) is 0 Å². The first-order valence-electron chi connectivity index (χ1n) is 5.19. The molecule has 0 aliphatic carbocycles. The standard InChI is InChI=1S/C13H9BrN2OS/c14-11-3-1-2-9(6-11)13(17)16-12(7-15)10-4-5-18-8-10/h1-6,8,12H,(H,16,17). The van der Waals surface area contributed by atoms with E-state index in [1.807, 2.05) is 22.9 Å². The highest BCUT2D eigenvalue weighted by Gasteiger charge is 2.15. The van der Waals surface area contributed by atoms with E-state index in [9.17, 15) is 4.79 Å². The molecular weight excluding hydrogens is 312 g/mol. The number of nitriles is 1. The van der Waals surface area contributed by atoms with Crippen molar-refractivity contribution in [2.24, 2.45) is 0 Å². The molecule has 0 bridgehead atoms. The molecule has 1 aromatic heterocycles. The summed E-state index contributed by atoms with van der Waals surface area (Å²) in [5.74, 6) is -0.256. The highest BCUT2D eigenvalue weighted by Crippen LogP contribution is 2.17. The molecule has 1 aromatic carbocycles. The van der Waals surface area contributed by atoms with Crippen molar-refractivity contribution in [3.05, 3.63) is 56.7 Å². The molecular formula is C13H9BrN2OS. The van der Waals surface area contributed by atoms with Crippen LogP contribution >= 0.6 is 27.3 Å². The number of thiophene rings is 1. The number of nitrogens with zero attached hydrogens (tertiary/aromatic N) is 1. The van der Waals surface area contributed by atoms with Crippen LogP contribution in [0.3, 0.4) is 0 Å². The third-order valence-corrected chi connectivity index (χ3v) is 3.56. The van der Waals surface area contributed by atoms with Crippen molar-refractivity contribution in [1.82, 2.24) is 5.32 Å². The van der Waals surface area contributed by atoms with Gasteiger partial charge in [0.25, 0.3) is 5.91 Å². The predicted molar refractivity (Wildman–Crippen MR) is 74.3 cm³/mol. The van der Waals surface area contributed by atoms with E-state index in [-0.39, 0.29) is 5.91 Å². The summed E-state index contributed by atoms with van der Waals surface area (Å²) in [5.41, 5.74) is 1.34. The van der Waals surface area contributed by atoms with Crippen LogP contribution in [0.25, 0.3) is 0 Å². The van der Waals surface area contributed by atoms with Crippen molar-refractivity contribution in [3.63, 3.8) is 0 Å². The zero-order chi connectivity index (χ0) is 13.0. The fourth-order valence-electron chi connectivity index (χ4n) is 1.47. The molecule has 0 spiro atoms. The summed E-state index contributed by atoms with van der Waals surface area (Å²) in [4.78, 5) is 12.0. The molecule has 0 saturated heterocycles. The van der Waals surface area contributed by atoms with Crippen molar-refractivity contribution in [3.8, 4) is 6.07 Å². The second-order valence-corrected chi connectivity index (χ2v) is 5.30. The van der Waals surface area contributed by atoms with Crippen molar-refractivity contribution >= 4 is 33.2 Å². The summed E-state index contributed by atoms with van der Waals surface area (Å²) < 4.78 is 0.833. The van der Waals surface area contributed by atoms with Gasteiger partial charge >= 0.3 is 0 Å². The maximum Gasteiger partial charge on any atom is 0.252 e. The van der Waals surface area contributed by atoms with Crippen molar-refractivity contribution < 1.29 is 4.79 Å². The Hall–Kier alpha value is -1.64. The van der Waals surface area contributed by atoms with Gasteiger partial charge in [0.15, 0.2) is 0 Å². The van der Waals surface area contributed by atoms with E-state index in [2.05, 4.69) is 27.3 Å². The minimum Gasteiger partial charge on any atom is -0.332 e. The molecule has 3 nitrogen and oxygen atoms in total. The second-order valence-electron chi connectivity index (χ2n) is 3.60. The lowest BCUT2D eigenvalue weighted by atomic mass is 10.1. The summed E-state index contributed by atoms with van der Waals surface area (Å²) in [6.07, 6.45) is 0. The van der Waals surface area contributed by atoms with Crippen LogP contribution in [0.4, 0.5) is 0 Å². The first-order chi connectivity index (χ1) is 8.70. The van der Waals surface area contributed by atoms with E-state index in [0.717, 1.165) is 10.0 Å². The van der Waals surface area contributed by atoms with Gasteiger partial charge in [-0.1, -0.05) is 22.0 Å². The third kappa shape index (κ3) is 2.97. The minimum absolute atomic E-state index is 0.256. The van der Waals surface area contributed by atoms with Crippen LogP contribution in [-0.4, -0.2) is 5.91 Å². The Kier molecular flexibility index (Phi) is 4.13. The minimum atomic E-state index is -0.609. The van der Waals surface area contributed by atoms with Gasteiger partial charge in [0.2, 0.25) is 0 Å². The Morgan fingerprint density at radius 3 is 2.89 bits per heavy atom. The van der Waals surface area contributed by atoms with Crippen LogP contribution in [0, 0.1) is 11.3 Å². The maximum absolute atomic E-state index is 12.0. The van der Waals surface area contributed by atoms with Crippen LogP contribution < -0.4 is 5.32 Å². The number of carbonyl (C=O) groups is 1. The van der Waals surface area contributed by atoms with Gasteiger partial charge in [0, 0.05) is 10.0 Å². The van der Waals surface area contributed by atoms with Crippen molar-refractivity contribution in [2.75, 3.05) is 0 Å². The summed E-state index contributed by atoms with van der Waals surface area (Å²) >= 11 is 4.81. The normalized spacial score (nSPS) is 11.6. The third-order valence-electron chi connectivity index (χ3n) is 2.37. The Morgan fingerprint density at radius 1 is 1.44 bits per heavy atom. The topological polar surface area (TPSA) is 52.9 Å². The average molecular weight is 321 g/mol. The van der Waals surface area contributed by atoms with E-state index in [4.69, 9.17) is 5.26 Å². The lowest BCUT2D eigenvalue weighted by Crippen LogP contribution is -2.27. The van der Waals surface area contributed by atoms with Gasteiger partial charge in [-0.05, 0) is 40.6 Å². The number of benzene rings is 1. The zero-order valence-electron chi connectivity index (χ0n) is 9.26. The molecule has 2 rings (SSSR count). The van der Waals surface area contributed by atoms with Crippen molar-refractivity contribution in [1.29, 1.82) is 5.26 Å². The molecule has 0 fully saturated rings. The molecule has 5 heteroatoms. The van der Waals surface area contributed by atoms with Gasteiger partial charge in [-0.3, -0.25) is 4.79 Å². The number of halogens is 1. The molecule has 2 aromatic rings. The molecule has 0 aliphatic rings. The van der Waals surface area contributed by atoms with E-state index in [0.29, 0.717) is 5.56 Å². The van der Waals surface area contributed by atoms with E-state index in [1.54, 1.807) is 18.2 Å². The van der Waals surface area contributed by atoms with Gasteiger partial charge in [0.1, 0.15) is 6.04 Å². The number of nitrogens with one attached hydrogen (secondary N) is 1.